The van der Waals surface area contributed by atoms with Gasteiger partial charge in [0, 0.05) is 32.6 Å². The van der Waals surface area contributed by atoms with Crippen molar-refractivity contribution >= 4 is 11.9 Å². The summed E-state index contributed by atoms with van der Waals surface area (Å²) >= 11 is 0. The molecule has 0 bridgehead atoms. The van der Waals surface area contributed by atoms with Crippen molar-refractivity contribution in [2.45, 2.75) is 25.4 Å². The fourth-order valence-corrected chi connectivity index (χ4v) is 2.29. The van der Waals surface area contributed by atoms with Gasteiger partial charge in [0.25, 0.3) is 5.95 Å². The molecule has 0 saturated carbocycles. The summed E-state index contributed by atoms with van der Waals surface area (Å²) in [5.41, 5.74) is -0.154. The fourth-order valence-electron chi connectivity index (χ4n) is 2.29. The summed E-state index contributed by atoms with van der Waals surface area (Å²) in [6.07, 6.45) is 5.61. The Morgan fingerprint density at radius 3 is 2.86 bits per heavy atom. The van der Waals surface area contributed by atoms with E-state index in [0.29, 0.717) is 24.4 Å². The summed E-state index contributed by atoms with van der Waals surface area (Å²) in [7, 11) is 1.77. The minimum absolute atomic E-state index is 0.154. The summed E-state index contributed by atoms with van der Waals surface area (Å²) in [5, 5.41) is 10.3. The number of nitrogens with one attached hydrogen (secondary N) is 2. The molecule has 3 rings (SSSR count). The standard InChI is InChI=1S/C13H19N7O/c1-13(5-3-8-21-13)9-15-11-17-10(14-2)18-12(19-11)20-7-4-6-16-20/h4,6-7H,3,5,8-9H2,1-2H3,(H2,14,15,17,18,19). The fraction of sp³-hybridized carbons (Fsp3) is 0.538. The van der Waals surface area contributed by atoms with Gasteiger partial charge >= 0.3 is 0 Å². The van der Waals surface area contributed by atoms with E-state index in [1.807, 2.05) is 6.07 Å². The van der Waals surface area contributed by atoms with Crippen LogP contribution in [0.15, 0.2) is 18.5 Å². The molecule has 0 radical (unpaired) electrons. The van der Waals surface area contributed by atoms with E-state index in [0.717, 1.165) is 19.4 Å². The molecule has 1 saturated heterocycles. The Balaban J connectivity index is 1.79. The van der Waals surface area contributed by atoms with Gasteiger partial charge in [-0.3, -0.25) is 0 Å². The molecular formula is C13H19N7O. The monoisotopic (exact) mass is 289 g/mol. The van der Waals surface area contributed by atoms with Gasteiger partial charge in [-0.2, -0.15) is 20.1 Å². The van der Waals surface area contributed by atoms with Crippen molar-refractivity contribution in [2.24, 2.45) is 0 Å². The molecule has 3 heterocycles. The number of rotatable bonds is 5. The number of anilines is 2. The van der Waals surface area contributed by atoms with Gasteiger partial charge in [-0.05, 0) is 25.8 Å². The zero-order chi connectivity index (χ0) is 14.7. The highest BCUT2D eigenvalue weighted by Gasteiger charge is 2.29. The van der Waals surface area contributed by atoms with Gasteiger partial charge in [0.1, 0.15) is 0 Å². The molecule has 2 aromatic rings. The van der Waals surface area contributed by atoms with Gasteiger partial charge in [0.2, 0.25) is 11.9 Å². The van der Waals surface area contributed by atoms with E-state index >= 15 is 0 Å². The first-order chi connectivity index (χ1) is 10.2. The average Bonchev–Trinajstić information content (AvgIpc) is 3.17. The minimum Gasteiger partial charge on any atom is -0.373 e. The lowest BCUT2D eigenvalue weighted by Crippen LogP contribution is -2.33. The first-order valence-electron chi connectivity index (χ1n) is 7.00. The first-order valence-corrected chi connectivity index (χ1v) is 7.00. The molecule has 8 nitrogen and oxygen atoms in total. The van der Waals surface area contributed by atoms with E-state index in [1.165, 1.54) is 0 Å². The molecule has 0 amide bonds. The second kappa shape index (κ2) is 5.65. The molecule has 1 aliphatic heterocycles. The Morgan fingerprint density at radius 2 is 2.19 bits per heavy atom. The Bertz CT molecular complexity index is 593. The van der Waals surface area contributed by atoms with E-state index in [9.17, 15) is 0 Å². The summed E-state index contributed by atoms with van der Waals surface area (Å²) in [5.74, 6) is 1.48. The third-order valence-corrected chi connectivity index (χ3v) is 3.48. The van der Waals surface area contributed by atoms with E-state index in [1.54, 1.807) is 24.1 Å². The van der Waals surface area contributed by atoms with Crippen LogP contribution in [0.2, 0.25) is 0 Å². The third-order valence-electron chi connectivity index (χ3n) is 3.48. The molecule has 2 N–H and O–H groups in total. The average molecular weight is 289 g/mol. The number of nitrogens with zero attached hydrogens (tertiary/aromatic N) is 5. The summed E-state index contributed by atoms with van der Waals surface area (Å²) in [4.78, 5) is 13.0. The van der Waals surface area contributed by atoms with Crippen molar-refractivity contribution in [1.29, 1.82) is 0 Å². The molecule has 1 atom stereocenters. The van der Waals surface area contributed by atoms with Crippen molar-refractivity contribution in [2.75, 3.05) is 30.8 Å². The van der Waals surface area contributed by atoms with Gasteiger partial charge in [-0.15, -0.1) is 0 Å². The van der Waals surface area contributed by atoms with Gasteiger partial charge in [-0.1, -0.05) is 0 Å². The maximum atomic E-state index is 5.75. The van der Waals surface area contributed by atoms with Gasteiger partial charge in [-0.25, -0.2) is 4.68 Å². The zero-order valence-corrected chi connectivity index (χ0v) is 12.2. The van der Waals surface area contributed by atoms with Crippen LogP contribution in [0.3, 0.4) is 0 Å². The molecule has 0 aliphatic carbocycles. The molecule has 0 spiro atoms. The third kappa shape index (κ3) is 3.10. The van der Waals surface area contributed by atoms with Crippen LogP contribution >= 0.6 is 0 Å². The van der Waals surface area contributed by atoms with Crippen LogP contribution < -0.4 is 10.6 Å². The van der Waals surface area contributed by atoms with E-state index in [2.05, 4.69) is 37.6 Å². The van der Waals surface area contributed by atoms with Crippen LogP contribution in [0.4, 0.5) is 11.9 Å². The molecule has 2 aromatic heterocycles. The van der Waals surface area contributed by atoms with Crippen LogP contribution in [-0.4, -0.2) is 50.5 Å². The predicted octanol–water partition coefficient (Wildman–Crippen LogP) is 1.08. The van der Waals surface area contributed by atoms with Gasteiger partial charge in [0.15, 0.2) is 0 Å². The van der Waals surface area contributed by atoms with Gasteiger partial charge < -0.3 is 15.4 Å². The van der Waals surface area contributed by atoms with Crippen molar-refractivity contribution in [1.82, 2.24) is 24.7 Å². The van der Waals surface area contributed by atoms with Crippen molar-refractivity contribution in [3.8, 4) is 5.95 Å². The number of aromatic nitrogens is 5. The highest BCUT2D eigenvalue weighted by atomic mass is 16.5. The van der Waals surface area contributed by atoms with Crippen LogP contribution in [0, 0.1) is 0 Å². The molecule has 1 aliphatic rings. The summed E-state index contributed by atoms with van der Waals surface area (Å²) in [6, 6.07) is 1.82. The topological polar surface area (TPSA) is 89.8 Å². The van der Waals surface area contributed by atoms with E-state index in [4.69, 9.17) is 4.74 Å². The Morgan fingerprint density at radius 1 is 1.33 bits per heavy atom. The maximum absolute atomic E-state index is 5.75. The quantitative estimate of drug-likeness (QED) is 0.851. The largest absolute Gasteiger partial charge is 0.373 e. The van der Waals surface area contributed by atoms with Crippen molar-refractivity contribution < 1.29 is 4.74 Å². The minimum atomic E-state index is -0.154. The second-order valence-electron chi connectivity index (χ2n) is 5.24. The molecule has 112 valence electrons. The summed E-state index contributed by atoms with van der Waals surface area (Å²) in [6.45, 7) is 3.58. The van der Waals surface area contributed by atoms with Crippen LogP contribution in [0.1, 0.15) is 19.8 Å². The molecule has 8 heteroatoms. The molecule has 21 heavy (non-hydrogen) atoms. The van der Waals surface area contributed by atoms with Crippen LogP contribution in [0.25, 0.3) is 5.95 Å². The van der Waals surface area contributed by atoms with Crippen LogP contribution in [-0.2, 0) is 4.74 Å². The highest BCUT2D eigenvalue weighted by Crippen LogP contribution is 2.25. The zero-order valence-electron chi connectivity index (χ0n) is 12.2. The van der Waals surface area contributed by atoms with Crippen LogP contribution in [0.5, 0.6) is 0 Å². The predicted molar refractivity (Wildman–Crippen MR) is 78.6 cm³/mol. The Hall–Kier alpha value is -2.22. The lowest BCUT2D eigenvalue weighted by Gasteiger charge is -2.23. The number of hydrogen-bond acceptors (Lipinski definition) is 7. The van der Waals surface area contributed by atoms with Crippen molar-refractivity contribution in [3.63, 3.8) is 0 Å². The SMILES string of the molecule is CNc1nc(NCC2(C)CCCO2)nc(-n2cccn2)n1. The van der Waals surface area contributed by atoms with E-state index in [-0.39, 0.29) is 5.60 Å². The Labute approximate surface area is 123 Å². The number of ether oxygens (including phenoxy) is 1. The number of hydrogen-bond donors (Lipinski definition) is 2. The Kier molecular flexibility index (Phi) is 3.70. The molecule has 0 aromatic carbocycles. The van der Waals surface area contributed by atoms with Crippen molar-refractivity contribution in [3.05, 3.63) is 18.5 Å². The van der Waals surface area contributed by atoms with E-state index < -0.39 is 0 Å². The molecular weight excluding hydrogens is 270 g/mol. The normalized spacial score (nSPS) is 21.4. The second-order valence-corrected chi connectivity index (χ2v) is 5.24. The maximum Gasteiger partial charge on any atom is 0.257 e. The smallest absolute Gasteiger partial charge is 0.257 e. The first kappa shape index (κ1) is 13.7. The highest BCUT2D eigenvalue weighted by molar-refractivity contribution is 5.37. The lowest BCUT2D eigenvalue weighted by molar-refractivity contribution is 0.0314. The lowest BCUT2D eigenvalue weighted by atomic mass is 10.0. The molecule has 1 unspecified atom stereocenters. The van der Waals surface area contributed by atoms with Gasteiger partial charge in [0.05, 0.1) is 5.60 Å². The summed E-state index contributed by atoms with van der Waals surface area (Å²) < 4.78 is 7.35. The molecule has 1 fully saturated rings.